The minimum absolute atomic E-state index is 0.365. The Balaban J connectivity index is 2.46. The predicted molar refractivity (Wildman–Crippen MR) is 55.7 cm³/mol. The molecule has 0 fully saturated rings. The third-order valence-electron chi connectivity index (χ3n) is 1.43. The van der Waals surface area contributed by atoms with Crippen LogP contribution in [0.15, 0.2) is 29.3 Å². The van der Waals surface area contributed by atoms with Crippen molar-refractivity contribution in [2.24, 2.45) is 4.99 Å². The van der Waals surface area contributed by atoms with Gasteiger partial charge in [0.25, 0.3) is 0 Å². The molecule has 0 amide bonds. The van der Waals surface area contributed by atoms with Gasteiger partial charge in [-0.1, -0.05) is 11.6 Å². The number of halogens is 1. The molecule has 13 heavy (non-hydrogen) atoms. The van der Waals surface area contributed by atoms with Crippen LogP contribution in [0.4, 0.5) is 0 Å². The second-order valence-corrected chi connectivity index (χ2v) is 3.27. The molecular weight excluding hydrogens is 186 g/mol. The highest BCUT2D eigenvalue weighted by molar-refractivity contribution is 6.30. The molecule has 1 aromatic rings. The SMILES string of the molecule is CC(C)=NCOc1ccc(Cl)cc1. The Hall–Kier alpha value is -1.02. The van der Waals surface area contributed by atoms with Crippen LogP contribution in [-0.4, -0.2) is 12.4 Å². The van der Waals surface area contributed by atoms with Crippen LogP contribution < -0.4 is 4.74 Å². The number of rotatable bonds is 3. The summed E-state index contributed by atoms with van der Waals surface area (Å²) < 4.78 is 5.33. The number of hydrogen-bond acceptors (Lipinski definition) is 2. The van der Waals surface area contributed by atoms with Gasteiger partial charge in [-0.25, -0.2) is 0 Å². The zero-order chi connectivity index (χ0) is 9.68. The highest BCUT2D eigenvalue weighted by atomic mass is 35.5. The van der Waals surface area contributed by atoms with Crippen molar-refractivity contribution in [2.45, 2.75) is 13.8 Å². The molecule has 0 bridgehead atoms. The van der Waals surface area contributed by atoms with Crippen LogP contribution in [0.3, 0.4) is 0 Å². The first-order valence-electron chi connectivity index (χ1n) is 4.04. The molecule has 1 aromatic carbocycles. The zero-order valence-electron chi connectivity index (χ0n) is 7.75. The number of ether oxygens (including phenoxy) is 1. The Labute approximate surface area is 83.2 Å². The first kappa shape index (κ1) is 10.1. The normalized spacial score (nSPS) is 9.46. The van der Waals surface area contributed by atoms with Crippen LogP contribution in [0.25, 0.3) is 0 Å². The number of hydrogen-bond donors (Lipinski definition) is 0. The largest absolute Gasteiger partial charge is 0.471 e. The van der Waals surface area contributed by atoms with Gasteiger partial charge in [-0.05, 0) is 38.1 Å². The highest BCUT2D eigenvalue weighted by Gasteiger charge is 1.91. The molecule has 0 N–H and O–H groups in total. The van der Waals surface area contributed by atoms with E-state index in [0.717, 1.165) is 11.5 Å². The van der Waals surface area contributed by atoms with Gasteiger partial charge < -0.3 is 4.74 Å². The maximum atomic E-state index is 5.71. The van der Waals surface area contributed by atoms with E-state index in [2.05, 4.69) is 4.99 Å². The summed E-state index contributed by atoms with van der Waals surface area (Å²) in [5.41, 5.74) is 1.01. The smallest absolute Gasteiger partial charge is 0.178 e. The first-order valence-corrected chi connectivity index (χ1v) is 4.42. The van der Waals surface area contributed by atoms with Crippen LogP contribution >= 0.6 is 11.6 Å². The van der Waals surface area contributed by atoms with Crippen LogP contribution in [0.5, 0.6) is 5.75 Å². The van der Waals surface area contributed by atoms with E-state index in [0.29, 0.717) is 11.8 Å². The van der Waals surface area contributed by atoms with E-state index >= 15 is 0 Å². The van der Waals surface area contributed by atoms with Gasteiger partial charge in [0.15, 0.2) is 6.73 Å². The standard InChI is InChI=1S/C10H12ClNO/c1-8(2)12-7-13-10-5-3-9(11)4-6-10/h3-6H,7H2,1-2H3. The van der Waals surface area contributed by atoms with E-state index in [-0.39, 0.29) is 0 Å². The van der Waals surface area contributed by atoms with Gasteiger partial charge in [-0.15, -0.1) is 0 Å². The summed E-state index contributed by atoms with van der Waals surface area (Å²) in [6.45, 7) is 4.24. The number of benzene rings is 1. The quantitative estimate of drug-likeness (QED) is 0.683. The number of nitrogens with zero attached hydrogens (tertiary/aromatic N) is 1. The van der Waals surface area contributed by atoms with Crippen molar-refractivity contribution in [1.82, 2.24) is 0 Å². The molecule has 0 aromatic heterocycles. The van der Waals surface area contributed by atoms with Gasteiger partial charge in [0.2, 0.25) is 0 Å². The van der Waals surface area contributed by atoms with Crippen molar-refractivity contribution in [2.75, 3.05) is 6.73 Å². The third kappa shape index (κ3) is 3.95. The van der Waals surface area contributed by atoms with Crippen molar-refractivity contribution in [1.29, 1.82) is 0 Å². The van der Waals surface area contributed by atoms with Gasteiger partial charge in [0.1, 0.15) is 5.75 Å². The lowest BCUT2D eigenvalue weighted by Crippen LogP contribution is -1.95. The molecule has 2 nitrogen and oxygen atoms in total. The Morgan fingerprint density at radius 1 is 1.31 bits per heavy atom. The van der Waals surface area contributed by atoms with Gasteiger partial charge in [-0.3, -0.25) is 4.99 Å². The summed E-state index contributed by atoms with van der Waals surface area (Å²) in [6, 6.07) is 7.23. The van der Waals surface area contributed by atoms with Crippen molar-refractivity contribution in [3.8, 4) is 5.75 Å². The van der Waals surface area contributed by atoms with Crippen LogP contribution in [0, 0.1) is 0 Å². The van der Waals surface area contributed by atoms with Crippen LogP contribution in [-0.2, 0) is 0 Å². The Kier molecular flexibility index (Phi) is 3.77. The Morgan fingerprint density at radius 3 is 2.46 bits per heavy atom. The van der Waals surface area contributed by atoms with E-state index in [1.54, 1.807) is 12.1 Å². The van der Waals surface area contributed by atoms with E-state index in [4.69, 9.17) is 16.3 Å². The maximum Gasteiger partial charge on any atom is 0.178 e. The molecule has 0 saturated heterocycles. The molecule has 0 radical (unpaired) electrons. The molecule has 0 atom stereocenters. The highest BCUT2D eigenvalue weighted by Crippen LogP contribution is 2.15. The summed E-state index contributed by atoms with van der Waals surface area (Å²) in [5.74, 6) is 0.786. The van der Waals surface area contributed by atoms with Gasteiger partial charge in [0.05, 0.1) is 0 Å². The van der Waals surface area contributed by atoms with Crippen LogP contribution in [0.1, 0.15) is 13.8 Å². The first-order chi connectivity index (χ1) is 6.18. The second kappa shape index (κ2) is 4.87. The Bertz CT molecular complexity index is 288. The van der Waals surface area contributed by atoms with Crippen molar-refractivity contribution in [3.63, 3.8) is 0 Å². The average Bonchev–Trinajstić information content (AvgIpc) is 2.08. The molecule has 0 aliphatic carbocycles. The maximum absolute atomic E-state index is 5.71. The monoisotopic (exact) mass is 197 g/mol. The van der Waals surface area contributed by atoms with E-state index in [1.165, 1.54) is 0 Å². The van der Waals surface area contributed by atoms with Crippen molar-refractivity contribution >= 4 is 17.3 Å². The van der Waals surface area contributed by atoms with E-state index in [1.807, 2.05) is 26.0 Å². The molecule has 0 aliphatic rings. The van der Waals surface area contributed by atoms with Gasteiger partial charge in [0, 0.05) is 10.7 Å². The summed E-state index contributed by atoms with van der Waals surface area (Å²) >= 11 is 5.71. The fourth-order valence-corrected chi connectivity index (χ4v) is 0.893. The summed E-state index contributed by atoms with van der Waals surface area (Å²) in [4.78, 5) is 4.10. The summed E-state index contributed by atoms with van der Waals surface area (Å²) in [7, 11) is 0. The van der Waals surface area contributed by atoms with E-state index in [9.17, 15) is 0 Å². The van der Waals surface area contributed by atoms with E-state index < -0.39 is 0 Å². The van der Waals surface area contributed by atoms with Crippen LogP contribution in [0.2, 0.25) is 5.02 Å². The molecule has 0 aliphatic heterocycles. The topological polar surface area (TPSA) is 21.6 Å². The summed E-state index contributed by atoms with van der Waals surface area (Å²) in [6.07, 6.45) is 0. The Morgan fingerprint density at radius 2 is 1.92 bits per heavy atom. The predicted octanol–water partition coefficient (Wildman–Crippen LogP) is 3.16. The van der Waals surface area contributed by atoms with Gasteiger partial charge in [-0.2, -0.15) is 0 Å². The fraction of sp³-hybridized carbons (Fsp3) is 0.300. The number of aliphatic imine (C=N–C) groups is 1. The lowest BCUT2D eigenvalue weighted by molar-refractivity contribution is 0.331. The van der Waals surface area contributed by atoms with Crippen molar-refractivity contribution in [3.05, 3.63) is 29.3 Å². The fourth-order valence-electron chi connectivity index (χ4n) is 0.767. The molecule has 70 valence electrons. The average molecular weight is 198 g/mol. The molecule has 0 unspecified atom stereocenters. The lowest BCUT2D eigenvalue weighted by Gasteiger charge is -2.02. The second-order valence-electron chi connectivity index (χ2n) is 2.83. The minimum atomic E-state index is 0.365. The van der Waals surface area contributed by atoms with Crippen molar-refractivity contribution < 1.29 is 4.74 Å². The molecule has 0 spiro atoms. The molecule has 3 heteroatoms. The molecule has 0 saturated carbocycles. The van der Waals surface area contributed by atoms with Gasteiger partial charge >= 0.3 is 0 Å². The molecule has 0 heterocycles. The minimum Gasteiger partial charge on any atom is -0.471 e. The third-order valence-corrected chi connectivity index (χ3v) is 1.68. The zero-order valence-corrected chi connectivity index (χ0v) is 8.51. The summed E-state index contributed by atoms with van der Waals surface area (Å²) in [5, 5.41) is 0.711. The lowest BCUT2D eigenvalue weighted by atomic mass is 10.3. The molecule has 1 rings (SSSR count). The molecular formula is C10H12ClNO.